The zero-order chi connectivity index (χ0) is 15.2. The first-order valence-corrected chi connectivity index (χ1v) is 7.12. The fraction of sp³-hybridized carbons (Fsp3) is 0.500. The van der Waals surface area contributed by atoms with Gasteiger partial charge in [0.2, 0.25) is 0 Å². The van der Waals surface area contributed by atoms with Gasteiger partial charge in [0.25, 0.3) is 0 Å². The molecule has 0 saturated carbocycles. The Morgan fingerprint density at radius 1 is 1.00 bits per heavy atom. The lowest BCUT2D eigenvalue weighted by Gasteiger charge is -2.34. The SMILES string of the molecule is C=C[C@@H](c1cc(OC)c(OC)cc1OC)N1CCNCC1.Cl.Cl. The van der Waals surface area contributed by atoms with Crippen molar-refractivity contribution < 1.29 is 14.2 Å². The third-order valence-corrected chi connectivity index (χ3v) is 3.82. The molecule has 0 unspecified atom stereocenters. The molecule has 0 aliphatic carbocycles. The molecule has 1 atom stereocenters. The van der Waals surface area contributed by atoms with E-state index in [1.54, 1.807) is 21.3 Å². The monoisotopic (exact) mass is 364 g/mol. The Morgan fingerprint density at radius 2 is 1.52 bits per heavy atom. The summed E-state index contributed by atoms with van der Waals surface area (Å²) in [5, 5.41) is 3.36. The number of methoxy groups -OCH3 is 3. The summed E-state index contributed by atoms with van der Waals surface area (Å²) in [6, 6.07) is 3.95. The van der Waals surface area contributed by atoms with Crippen LogP contribution in [0.15, 0.2) is 24.8 Å². The molecule has 1 aromatic rings. The number of nitrogens with zero attached hydrogens (tertiary/aromatic N) is 1. The van der Waals surface area contributed by atoms with Crippen molar-refractivity contribution in [3.8, 4) is 17.2 Å². The second kappa shape index (κ2) is 10.6. The smallest absolute Gasteiger partial charge is 0.164 e. The quantitative estimate of drug-likeness (QED) is 0.786. The number of benzene rings is 1. The zero-order valence-electron chi connectivity index (χ0n) is 13.8. The van der Waals surface area contributed by atoms with Gasteiger partial charge in [-0.3, -0.25) is 4.90 Å². The lowest BCUT2D eigenvalue weighted by atomic mass is 10.0. The molecule has 0 spiro atoms. The van der Waals surface area contributed by atoms with Gasteiger partial charge in [0.05, 0.1) is 27.4 Å². The topological polar surface area (TPSA) is 43.0 Å². The highest BCUT2D eigenvalue weighted by molar-refractivity contribution is 5.85. The number of rotatable bonds is 6. The maximum absolute atomic E-state index is 5.54. The zero-order valence-corrected chi connectivity index (χ0v) is 15.5. The third-order valence-electron chi connectivity index (χ3n) is 3.82. The molecule has 0 bridgehead atoms. The molecule has 0 aromatic heterocycles. The number of halogens is 2. The van der Waals surface area contributed by atoms with E-state index in [1.165, 1.54) is 0 Å². The molecule has 1 heterocycles. The lowest BCUT2D eigenvalue weighted by molar-refractivity contribution is 0.200. The molecule has 1 aromatic carbocycles. The first-order chi connectivity index (χ1) is 10.2. The van der Waals surface area contributed by atoms with Gasteiger partial charge in [0.15, 0.2) is 11.5 Å². The number of piperazine rings is 1. The van der Waals surface area contributed by atoms with Crippen molar-refractivity contribution in [1.29, 1.82) is 0 Å². The first kappa shape index (κ1) is 21.9. The Kier molecular flexibility index (Phi) is 10.1. The minimum absolute atomic E-state index is 0. The Bertz CT molecular complexity index is 494. The summed E-state index contributed by atoms with van der Waals surface area (Å²) in [4.78, 5) is 2.38. The molecular formula is C16H26Cl2N2O3. The fourth-order valence-electron chi connectivity index (χ4n) is 2.72. The van der Waals surface area contributed by atoms with Crippen molar-refractivity contribution >= 4 is 24.8 Å². The van der Waals surface area contributed by atoms with Crippen LogP contribution < -0.4 is 19.5 Å². The Hall–Kier alpha value is -1.14. The Balaban J connectivity index is 0.00000242. The summed E-state index contributed by atoms with van der Waals surface area (Å²) in [6.07, 6.45) is 1.95. The van der Waals surface area contributed by atoms with Crippen LogP contribution in [0.1, 0.15) is 11.6 Å². The van der Waals surface area contributed by atoms with E-state index in [4.69, 9.17) is 14.2 Å². The number of ether oxygens (including phenoxy) is 3. The molecule has 132 valence electrons. The minimum Gasteiger partial charge on any atom is -0.496 e. The summed E-state index contributed by atoms with van der Waals surface area (Å²) < 4.78 is 16.3. The van der Waals surface area contributed by atoms with Crippen LogP contribution in [0.2, 0.25) is 0 Å². The van der Waals surface area contributed by atoms with Crippen LogP contribution in [0.3, 0.4) is 0 Å². The summed E-state index contributed by atoms with van der Waals surface area (Å²) in [7, 11) is 4.93. The van der Waals surface area contributed by atoms with Crippen molar-refractivity contribution in [1.82, 2.24) is 10.2 Å². The predicted molar refractivity (Wildman–Crippen MR) is 98.0 cm³/mol. The first-order valence-electron chi connectivity index (χ1n) is 7.12. The molecule has 1 aliphatic rings. The second-order valence-corrected chi connectivity index (χ2v) is 4.92. The van der Waals surface area contributed by atoms with E-state index in [1.807, 2.05) is 18.2 Å². The van der Waals surface area contributed by atoms with Gasteiger partial charge in [-0.2, -0.15) is 0 Å². The molecule has 1 fully saturated rings. The van der Waals surface area contributed by atoms with Gasteiger partial charge < -0.3 is 19.5 Å². The minimum atomic E-state index is 0. The molecule has 1 N–H and O–H groups in total. The van der Waals surface area contributed by atoms with E-state index in [9.17, 15) is 0 Å². The third kappa shape index (κ3) is 4.91. The molecule has 7 heteroatoms. The van der Waals surface area contributed by atoms with Crippen molar-refractivity contribution in [2.75, 3.05) is 47.5 Å². The highest BCUT2D eigenvalue weighted by Gasteiger charge is 2.24. The van der Waals surface area contributed by atoms with Gasteiger partial charge in [0.1, 0.15) is 5.75 Å². The van der Waals surface area contributed by atoms with Crippen LogP contribution in [-0.2, 0) is 0 Å². The largest absolute Gasteiger partial charge is 0.496 e. The van der Waals surface area contributed by atoms with Crippen molar-refractivity contribution in [3.05, 3.63) is 30.4 Å². The second-order valence-electron chi connectivity index (χ2n) is 4.92. The summed E-state index contributed by atoms with van der Waals surface area (Å²) >= 11 is 0. The summed E-state index contributed by atoms with van der Waals surface area (Å²) in [6.45, 7) is 7.93. The van der Waals surface area contributed by atoms with Crippen LogP contribution >= 0.6 is 24.8 Å². The maximum Gasteiger partial charge on any atom is 0.164 e. The molecule has 5 nitrogen and oxygen atoms in total. The van der Waals surface area contributed by atoms with Gasteiger partial charge in [0, 0.05) is 37.8 Å². The molecule has 0 radical (unpaired) electrons. The van der Waals surface area contributed by atoms with Crippen molar-refractivity contribution in [2.24, 2.45) is 0 Å². The van der Waals surface area contributed by atoms with E-state index in [0.717, 1.165) is 37.5 Å². The van der Waals surface area contributed by atoms with Gasteiger partial charge in [-0.05, 0) is 6.07 Å². The molecule has 0 amide bonds. The van der Waals surface area contributed by atoms with E-state index in [-0.39, 0.29) is 30.9 Å². The molecule has 1 aliphatic heterocycles. The van der Waals surface area contributed by atoms with Crippen LogP contribution in [0.4, 0.5) is 0 Å². The van der Waals surface area contributed by atoms with Gasteiger partial charge in [-0.25, -0.2) is 0 Å². The van der Waals surface area contributed by atoms with Gasteiger partial charge >= 0.3 is 0 Å². The predicted octanol–water partition coefficient (Wildman–Crippen LogP) is 2.69. The Labute approximate surface area is 150 Å². The molecule has 23 heavy (non-hydrogen) atoms. The summed E-state index contributed by atoms with van der Waals surface area (Å²) in [5.74, 6) is 2.16. The van der Waals surface area contributed by atoms with E-state index < -0.39 is 0 Å². The average molecular weight is 365 g/mol. The van der Waals surface area contributed by atoms with Gasteiger partial charge in [-0.15, -0.1) is 31.4 Å². The number of nitrogens with one attached hydrogen (secondary N) is 1. The standard InChI is InChI=1S/C16H24N2O3.2ClH/c1-5-13(18-8-6-17-7-9-18)12-10-15(20-3)16(21-4)11-14(12)19-2;;/h5,10-11,13,17H,1,6-9H2,2-4H3;2*1H/t13-;;/m0../s1. The van der Waals surface area contributed by atoms with Crippen molar-refractivity contribution in [3.63, 3.8) is 0 Å². The lowest BCUT2D eigenvalue weighted by Crippen LogP contribution is -2.44. The van der Waals surface area contributed by atoms with Crippen LogP contribution in [-0.4, -0.2) is 52.4 Å². The summed E-state index contributed by atoms with van der Waals surface area (Å²) in [5.41, 5.74) is 1.05. The Morgan fingerprint density at radius 3 is 2.00 bits per heavy atom. The molecule has 2 rings (SSSR count). The number of hydrogen-bond donors (Lipinski definition) is 1. The van der Waals surface area contributed by atoms with E-state index in [0.29, 0.717) is 11.5 Å². The normalized spacial score (nSPS) is 15.6. The highest BCUT2D eigenvalue weighted by Crippen LogP contribution is 2.39. The van der Waals surface area contributed by atoms with Gasteiger partial charge in [-0.1, -0.05) is 6.08 Å². The molecule has 1 saturated heterocycles. The highest BCUT2D eigenvalue weighted by atomic mass is 35.5. The van der Waals surface area contributed by atoms with Crippen LogP contribution in [0.5, 0.6) is 17.2 Å². The maximum atomic E-state index is 5.54. The molecular weight excluding hydrogens is 339 g/mol. The van der Waals surface area contributed by atoms with Crippen molar-refractivity contribution in [2.45, 2.75) is 6.04 Å². The van der Waals surface area contributed by atoms with Crippen LogP contribution in [0.25, 0.3) is 0 Å². The van der Waals surface area contributed by atoms with Crippen LogP contribution in [0, 0.1) is 0 Å². The average Bonchev–Trinajstić information content (AvgIpc) is 2.56. The van der Waals surface area contributed by atoms with E-state index >= 15 is 0 Å². The van der Waals surface area contributed by atoms with E-state index in [2.05, 4.69) is 16.8 Å². The number of hydrogen-bond acceptors (Lipinski definition) is 5. The fourth-order valence-corrected chi connectivity index (χ4v) is 2.72.